The number of halogens is 1. The van der Waals surface area contributed by atoms with E-state index in [2.05, 4.69) is 15.6 Å². The molecule has 1 saturated carbocycles. The maximum atomic E-state index is 12.2. The van der Waals surface area contributed by atoms with Gasteiger partial charge < -0.3 is 15.7 Å². The molecule has 0 aliphatic heterocycles. The second-order valence-corrected chi connectivity index (χ2v) is 5.72. The molecule has 2 aromatic rings. The number of rotatable bonds is 4. The van der Waals surface area contributed by atoms with Crippen LogP contribution in [-0.2, 0) is 4.79 Å². The van der Waals surface area contributed by atoms with E-state index < -0.39 is 0 Å². The largest absolute Gasteiger partial charge is 0.506 e. The van der Waals surface area contributed by atoms with Gasteiger partial charge in [-0.3, -0.25) is 9.59 Å². The highest BCUT2D eigenvalue weighted by molar-refractivity contribution is 6.32. The van der Waals surface area contributed by atoms with Crippen LogP contribution in [0.4, 0.5) is 11.5 Å². The summed E-state index contributed by atoms with van der Waals surface area (Å²) >= 11 is 5.80. The van der Waals surface area contributed by atoms with Gasteiger partial charge in [-0.05, 0) is 43.2 Å². The lowest BCUT2D eigenvalue weighted by Gasteiger charge is -2.08. The molecule has 1 aromatic heterocycles. The topological polar surface area (TPSA) is 91.3 Å². The number of anilines is 2. The highest BCUT2D eigenvalue weighted by Crippen LogP contribution is 2.30. The molecule has 1 aliphatic carbocycles. The average molecular weight is 332 g/mol. The number of benzene rings is 1. The smallest absolute Gasteiger partial charge is 0.255 e. The summed E-state index contributed by atoms with van der Waals surface area (Å²) in [5.74, 6) is -0.0817. The second kappa shape index (κ2) is 6.26. The lowest BCUT2D eigenvalue weighted by atomic mass is 10.2. The van der Waals surface area contributed by atoms with Crippen molar-refractivity contribution in [2.75, 3.05) is 10.6 Å². The Labute approximate surface area is 137 Å². The van der Waals surface area contributed by atoms with Crippen molar-refractivity contribution >= 4 is 34.9 Å². The normalized spacial score (nSPS) is 13.4. The number of phenols is 1. The first-order valence-corrected chi connectivity index (χ1v) is 7.47. The van der Waals surface area contributed by atoms with E-state index >= 15 is 0 Å². The molecule has 3 N–H and O–H groups in total. The summed E-state index contributed by atoms with van der Waals surface area (Å²) < 4.78 is 0. The van der Waals surface area contributed by atoms with E-state index in [1.165, 1.54) is 30.5 Å². The Morgan fingerprint density at radius 3 is 2.65 bits per heavy atom. The van der Waals surface area contributed by atoms with Gasteiger partial charge in [-0.1, -0.05) is 11.6 Å². The van der Waals surface area contributed by atoms with Gasteiger partial charge in [0.1, 0.15) is 11.6 Å². The SMILES string of the molecule is O=C(Nc1ccc(O)c(Cl)c1)c1ccnc(NC(=O)C2CC2)c1. The Balaban J connectivity index is 1.71. The number of carbonyl (C=O) groups is 2. The Hall–Kier alpha value is -2.60. The number of hydrogen-bond donors (Lipinski definition) is 3. The van der Waals surface area contributed by atoms with Crippen LogP contribution < -0.4 is 10.6 Å². The zero-order valence-electron chi connectivity index (χ0n) is 12.0. The summed E-state index contributed by atoms with van der Waals surface area (Å²) in [6, 6.07) is 7.44. The molecule has 0 spiro atoms. The molecule has 0 saturated heterocycles. The number of amides is 2. The van der Waals surface area contributed by atoms with Gasteiger partial charge in [0.25, 0.3) is 5.91 Å². The molecule has 2 amide bonds. The fourth-order valence-electron chi connectivity index (χ4n) is 2.00. The van der Waals surface area contributed by atoms with Gasteiger partial charge in [0.2, 0.25) is 5.91 Å². The van der Waals surface area contributed by atoms with Gasteiger partial charge in [-0.25, -0.2) is 4.98 Å². The Morgan fingerprint density at radius 1 is 1.17 bits per heavy atom. The van der Waals surface area contributed by atoms with Crippen molar-refractivity contribution in [3.05, 3.63) is 47.1 Å². The minimum absolute atomic E-state index is 0.0568. The number of aromatic nitrogens is 1. The van der Waals surface area contributed by atoms with Crippen LogP contribution in [0.1, 0.15) is 23.2 Å². The van der Waals surface area contributed by atoms with Crippen LogP contribution in [0, 0.1) is 5.92 Å². The maximum Gasteiger partial charge on any atom is 0.255 e. The zero-order chi connectivity index (χ0) is 16.4. The molecule has 7 heteroatoms. The van der Waals surface area contributed by atoms with Crippen molar-refractivity contribution in [2.45, 2.75) is 12.8 Å². The Bertz CT molecular complexity index is 775. The molecule has 118 valence electrons. The van der Waals surface area contributed by atoms with Crippen LogP contribution in [-0.4, -0.2) is 21.9 Å². The maximum absolute atomic E-state index is 12.2. The number of carbonyl (C=O) groups excluding carboxylic acids is 2. The summed E-state index contributed by atoms with van der Waals surface area (Å²) in [5.41, 5.74) is 0.813. The summed E-state index contributed by atoms with van der Waals surface area (Å²) in [6.07, 6.45) is 3.25. The van der Waals surface area contributed by atoms with Crippen molar-refractivity contribution in [1.29, 1.82) is 0 Å². The fourth-order valence-corrected chi connectivity index (χ4v) is 2.18. The molecule has 0 unspecified atom stereocenters. The van der Waals surface area contributed by atoms with Crippen molar-refractivity contribution in [1.82, 2.24) is 4.98 Å². The van der Waals surface area contributed by atoms with E-state index in [1.54, 1.807) is 6.07 Å². The van der Waals surface area contributed by atoms with Gasteiger partial charge in [0.15, 0.2) is 0 Å². The van der Waals surface area contributed by atoms with E-state index in [1.807, 2.05) is 0 Å². The monoisotopic (exact) mass is 331 g/mol. The number of aromatic hydroxyl groups is 1. The number of nitrogens with zero attached hydrogens (tertiary/aromatic N) is 1. The van der Waals surface area contributed by atoms with Crippen LogP contribution in [0.25, 0.3) is 0 Å². The van der Waals surface area contributed by atoms with E-state index in [4.69, 9.17) is 11.6 Å². The molecule has 0 radical (unpaired) electrons. The zero-order valence-corrected chi connectivity index (χ0v) is 12.8. The van der Waals surface area contributed by atoms with Crippen LogP contribution in [0.3, 0.4) is 0 Å². The third-order valence-corrected chi connectivity index (χ3v) is 3.73. The van der Waals surface area contributed by atoms with Crippen molar-refractivity contribution in [3.63, 3.8) is 0 Å². The van der Waals surface area contributed by atoms with Gasteiger partial charge >= 0.3 is 0 Å². The first kappa shape index (κ1) is 15.3. The highest BCUT2D eigenvalue weighted by Gasteiger charge is 2.29. The fraction of sp³-hybridized carbons (Fsp3) is 0.188. The molecule has 0 atom stereocenters. The molecule has 1 heterocycles. The minimum atomic E-state index is -0.365. The lowest BCUT2D eigenvalue weighted by Crippen LogP contribution is -2.16. The molecule has 0 bridgehead atoms. The summed E-state index contributed by atoms with van der Waals surface area (Å²) in [4.78, 5) is 28.0. The van der Waals surface area contributed by atoms with Gasteiger partial charge in [-0.15, -0.1) is 0 Å². The van der Waals surface area contributed by atoms with Crippen molar-refractivity contribution < 1.29 is 14.7 Å². The van der Waals surface area contributed by atoms with Crippen LogP contribution in [0.5, 0.6) is 5.75 Å². The predicted molar refractivity (Wildman–Crippen MR) is 86.7 cm³/mol. The van der Waals surface area contributed by atoms with E-state index in [9.17, 15) is 14.7 Å². The first-order chi connectivity index (χ1) is 11.0. The molecule has 3 rings (SSSR count). The third-order valence-electron chi connectivity index (χ3n) is 3.43. The van der Waals surface area contributed by atoms with E-state index in [-0.39, 0.29) is 28.5 Å². The quantitative estimate of drug-likeness (QED) is 0.751. The Kier molecular flexibility index (Phi) is 4.16. The predicted octanol–water partition coefficient (Wildman–Crippen LogP) is 3.04. The molecule has 1 aromatic carbocycles. The second-order valence-electron chi connectivity index (χ2n) is 5.31. The summed E-state index contributed by atoms with van der Waals surface area (Å²) in [7, 11) is 0. The van der Waals surface area contributed by atoms with E-state index in [0.717, 1.165) is 12.8 Å². The lowest BCUT2D eigenvalue weighted by molar-refractivity contribution is -0.117. The van der Waals surface area contributed by atoms with Gasteiger partial charge in [0, 0.05) is 23.4 Å². The van der Waals surface area contributed by atoms with Crippen LogP contribution in [0.15, 0.2) is 36.5 Å². The van der Waals surface area contributed by atoms with Gasteiger partial charge in [-0.2, -0.15) is 0 Å². The number of pyridine rings is 1. The number of phenolic OH excluding ortho intramolecular Hbond substituents is 1. The van der Waals surface area contributed by atoms with Crippen molar-refractivity contribution in [3.8, 4) is 5.75 Å². The molecule has 1 fully saturated rings. The molecular weight excluding hydrogens is 318 g/mol. The first-order valence-electron chi connectivity index (χ1n) is 7.10. The Morgan fingerprint density at radius 2 is 1.96 bits per heavy atom. The highest BCUT2D eigenvalue weighted by atomic mass is 35.5. The molecule has 6 nitrogen and oxygen atoms in total. The molecular formula is C16H14ClN3O3. The average Bonchev–Trinajstić information content (AvgIpc) is 3.36. The number of hydrogen-bond acceptors (Lipinski definition) is 4. The standard InChI is InChI=1S/C16H14ClN3O3/c17-12-8-11(3-4-13(12)21)19-16(23)10-5-6-18-14(7-10)20-15(22)9-1-2-9/h3-9,21H,1-2H2,(H,19,23)(H,18,20,22). The third kappa shape index (κ3) is 3.78. The van der Waals surface area contributed by atoms with E-state index in [0.29, 0.717) is 17.1 Å². The van der Waals surface area contributed by atoms with Gasteiger partial charge in [0.05, 0.1) is 5.02 Å². The van der Waals surface area contributed by atoms with Crippen molar-refractivity contribution in [2.24, 2.45) is 5.92 Å². The van der Waals surface area contributed by atoms with Crippen LogP contribution in [0.2, 0.25) is 5.02 Å². The number of nitrogens with one attached hydrogen (secondary N) is 2. The molecule has 1 aliphatic rings. The minimum Gasteiger partial charge on any atom is -0.506 e. The summed E-state index contributed by atoms with van der Waals surface area (Å²) in [5, 5.41) is 14.9. The molecule has 23 heavy (non-hydrogen) atoms. The summed E-state index contributed by atoms with van der Waals surface area (Å²) in [6.45, 7) is 0. The van der Waals surface area contributed by atoms with Crippen LogP contribution >= 0.6 is 11.6 Å².